The minimum atomic E-state index is -0.0992. The molecule has 3 aromatic heterocycles. The zero-order valence-corrected chi connectivity index (χ0v) is 20.6. The minimum absolute atomic E-state index is 0.00929. The third kappa shape index (κ3) is 4.41. The number of carbonyl (C=O) groups excluding carboxylic acids is 1. The number of benzene rings is 2. The third-order valence-electron chi connectivity index (χ3n) is 5.80. The Morgan fingerprint density at radius 3 is 2.50 bits per heavy atom. The van der Waals surface area contributed by atoms with Crippen molar-refractivity contribution in [3.05, 3.63) is 99.5 Å². The fraction of sp³-hybridized carbons (Fsp3) is 0.185. The average Bonchev–Trinajstić information content (AvgIpc) is 3.24. The lowest BCUT2D eigenvalue weighted by atomic mass is 10.1. The molecule has 0 saturated heterocycles. The van der Waals surface area contributed by atoms with Crippen LogP contribution in [0.1, 0.15) is 34.0 Å². The van der Waals surface area contributed by atoms with E-state index in [1.807, 2.05) is 55.5 Å². The van der Waals surface area contributed by atoms with E-state index in [1.165, 1.54) is 28.7 Å². The molecule has 0 radical (unpaired) electrons. The van der Waals surface area contributed by atoms with Crippen molar-refractivity contribution in [3.8, 4) is 0 Å². The van der Waals surface area contributed by atoms with Crippen molar-refractivity contribution >= 4 is 49.3 Å². The Kier molecular flexibility index (Phi) is 6.30. The molecule has 0 saturated carbocycles. The number of hydrogen-bond acceptors (Lipinski definition) is 6. The molecule has 3 heterocycles. The van der Waals surface area contributed by atoms with Gasteiger partial charge in [0.15, 0.2) is 10.9 Å². The van der Waals surface area contributed by atoms with E-state index in [1.54, 1.807) is 10.8 Å². The fourth-order valence-corrected chi connectivity index (χ4v) is 5.72. The Balaban J connectivity index is 1.55. The first-order valence-corrected chi connectivity index (χ1v) is 12.9. The Labute approximate surface area is 205 Å². The number of nitrogens with zero attached hydrogens (tertiary/aromatic N) is 3. The number of rotatable bonds is 7. The van der Waals surface area contributed by atoms with Gasteiger partial charge < -0.3 is 0 Å². The van der Waals surface area contributed by atoms with Crippen molar-refractivity contribution < 1.29 is 4.79 Å². The van der Waals surface area contributed by atoms with Crippen LogP contribution >= 0.6 is 23.1 Å². The molecule has 0 amide bonds. The predicted octanol–water partition coefficient (Wildman–Crippen LogP) is 5.90. The Hall–Kier alpha value is -3.29. The van der Waals surface area contributed by atoms with Gasteiger partial charge in [0.25, 0.3) is 5.56 Å². The van der Waals surface area contributed by atoms with E-state index < -0.39 is 0 Å². The van der Waals surface area contributed by atoms with Gasteiger partial charge in [-0.3, -0.25) is 14.2 Å². The van der Waals surface area contributed by atoms with E-state index in [4.69, 9.17) is 4.98 Å². The van der Waals surface area contributed by atoms with Crippen molar-refractivity contribution in [2.75, 3.05) is 5.75 Å². The molecule has 5 aromatic rings. The molecule has 0 spiro atoms. The average molecular weight is 486 g/mol. The molecule has 0 atom stereocenters. The molecular weight excluding hydrogens is 462 g/mol. The number of hydrogen-bond donors (Lipinski definition) is 0. The maximum atomic E-state index is 13.6. The van der Waals surface area contributed by atoms with Crippen LogP contribution in [0.25, 0.3) is 20.4 Å². The highest BCUT2D eigenvalue weighted by atomic mass is 32.2. The van der Waals surface area contributed by atoms with Gasteiger partial charge in [0, 0.05) is 17.1 Å². The van der Waals surface area contributed by atoms with Crippen molar-refractivity contribution in [1.29, 1.82) is 0 Å². The molecule has 0 aliphatic carbocycles. The van der Waals surface area contributed by atoms with E-state index in [0.717, 1.165) is 27.8 Å². The van der Waals surface area contributed by atoms with E-state index in [-0.39, 0.29) is 17.1 Å². The summed E-state index contributed by atoms with van der Waals surface area (Å²) in [4.78, 5) is 36.5. The van der Waals surface area contributed by atoms with Gasteiger partial charge in [0.05, 0.1) is 17.8 Å². The highest BCUT2D eigenvalue weighted by Gasteiger charge is 2.18. The summed E-state index contributed by atoms with van der Waals surface area (Å²) in [5.41, 5.74) is 4.59. The fourth-order valence-electron chi connectivity index (χ4n) is 3.81. The Morgan fingerprint density at radius 1 is 1.03 bits per heavy atom. The van der Waals surface area contributed by atoms with Crippen LogP contribution in [0.5, 0.6) is 0 Å². The van der Waals surface area contributed by atoms with Gasteiger partial charge >= 0.3 is 0 Å². The summed E-state index contributed by atoms with van der Waals surface area (Å²) in [5.74, 6) is 0.214. The maximum absolute atomic E-state index is 13.6. The summed E-state index contributed by atoms with van der Waals surface area (Å²) in [6.07, 6.45) is 2.69. The molecule has 0 unspecified atom stereocenters. The van der Waals surface area contributed by atoms with E-state index in [2.05, 4.69) is 24.0 Å². The number of pyridine rings is 1. The largest absolute Gasteiger partial charge is 0.293 e. The number of fused-ring (bicyclic) bond motifs is 3. The Bertz CT molecular complexity index is 1550. The van der Waals surface area contributed by atoms with Crippen molar-refractivity contribution in [3.63, 3.8) is 0 Å². The van der Waals surface area contributed by atoms with Crippen molar-refractivity contribution in [2.45, 2.75) is 32.0 Å². The number of ketones is 1. The summed E-state index contributed by atoms with van der Waals surface area (Å²) < 4.78 is 2.28. The van der Waals surface area contributed by atoms with Crippen LogP contribution in [0.15, 0.2) is 76.8 Å². The second-order valence-electron chi connectivity index (χ2n) is 8.17. The van der Waals surface area contributed by atoms with Crippen LogP contribution in [0, 0.1) is 6.92 Å². The van der Waals surface area contributed by atoms with Gasteiger partial charge in [-0.2, -0.15) is 0 Å². The van der Waals surface area contributed by atoms with Crippen molar-refractivity contribution in [1.82, 2.24) is 14.5 Å². The smallest absolute Gasteiger partial charge is 0.272 e. The quantitative estimate of drug-likeness (QED) is 0.163. The molecule has 170 valence electrons. The lowest BCUT2D eigenvalue weighted by Gasteiger charge is -2.12. The zero-order chi connectivity index (χ0) is 23.7. The lowest BCUT2D eigenvalue weighted by Crippen LogP contribution is -2.23. The summed E-state index contributed by atoms with van der Waals surface area (Å²) in [5, 5.41) is 1.41. The van der Waals surface area contributed by atoms with Crippen LogP contribution in [0.2, 0.25) is 0 Å². The van der Waals surface area contributed by atoms with E-state index >= 15 is 0 Å². The van der Waals surface area contributed by atoms with Crippen LogP contribution < -0.4 is 5.56 Å². The number of carbonyl (C=O) groups is 1. The highest BCUT2D eigenvalue weighted by Crippen LogP contribution is 2.31. The molecule has 0 bridgehead atoms. The third-order valence-corrected chi connectivity index (χ3v) is 7.86. The standard InChI is InChI=1S/C27H23N3O2S2/c1-3-18-8-10-19(11-9-18)15-30-26(32)24-23(21-5-4-14-28-25(21)34-24)29-27(30)33-16-22(31)20-12-6-17(2)7-13-20/h4-14H,3,15-16H2,1-2H3. The zero-order valence-electron chi connectivity index (χ0n) is 18.9. The molecule has 34 heavy (non-hydrogen) atoms. The molecule has 7 heteroatoms. The van der Waals surface area contributed by atoms with Gasteiger partial charge in [-0.15, -0.1) is 11.3 Å². The van der Waals surface area contributed by atoms with Crippen LogP contribution in [-0.2, 0) is 13.0 Å². The van der Waals surface area contributed by atoms with Gasteiger partial charge in [0.2, 0.25) is 0 Å². The molecule has 5 rings (SSSR count). The number of aromatic nitrogens is 3. The topological polar surface area (TPSA) is 64.8 Å². The van der Waals surface area contributed by atoms with E-state index in [0.29, 0.717) is 27.5 Å². The first kappa shape index (κ1) is 22.5. The molecule has 0 N–H and O–H groups in total. The lowest BCUT2D eigenvalue weighted by molar-refractivity contribution is 0.102. The summed E-state index contributed by atoms with van der Waals surface area (Å²) >= 11 is 2.68. The highest BCUT2D eigenvalue weighted by molar-refractivity contribution is 7.99. The Morgan fingerprint density at radius 2 is 1.76 bits per heavy atom. The van der Waals surface area contributed by atoms with Crippen LogP contribution in [0.3, 0.4) is 0 Å². The number of thiophene rings is 1. The second-order valence-corrected chi connectivity index (χ2v) is 10.1. The number of aryl methyl sites for hydroxylation is 2. The predicted molar refractivity (Wildman–Crippen MR) is 140 cm³/mol. The van der Waals surface area contributed by atoms with Gasteiger partial charge in [0.1, 0.15) is 9.53 Å². The molecule has 0 aliphatic heterocycles. The number of Topliss-reactive ketones (excluding diaryl/α,β-unsaturated/α-hetero) is 1. The minimum Gasteiger partial charge on any atom is -0.293 e. The summed E-state index contributed by atoms with van der Waals surface area (Å²) in [6, 6.07) is 19.6. The summed E-state index contributed by atoms with van der Waals surface area (Å²) in [7, 11) is 0. The van der Waals surface area contributed by atoms with Crippen LogP contribution in [-0.4, -0.2) is 26.1 Å². The van der Waals surface area contributed by atoms with E-state index in [9.17, 15) is 9.59 Å². The number of thioether (sulfide) groups is 1. The second kappa shape index (κ2) is 9.52. The molecule has 0 aliphatic rings. The normalized spacial score (nSPS) is 11.4. The summed E-state index contributed by atoms with van der Waals surface area (Å²) in [6.45, 7) is 4.51. The van der Waals surface area contributed by atoms with Gasteiger partial charge in [-0.05, 0) is 36.6 Å². The molecule has 2 aromatic carbocycles. The van der Waals surface area contributed by atoms with Crippen molar-refractivity contribution in [2.24, 2.45) is 0 Å². The first-order valence-electron chi connectivity index (χ1n) is 11.1. The van der Waals surface area contributed by atoms with Gasteiger partial charge in [-0.25, -0.2) is 9.97 Å². The SMILES string of the molecule is CCc1ccc(Cn2c(SCC(=O)c3ccc(C)cc3)nc3c(sc4ncccc43)c2=O)cc1. The monoisotopic (exact) mass is 485 g/mol. The molecule has 0 fully saturated rings. The molecule has 5 nitrogen and oxygen atoms in total. The first-order chi connectivity index (χ1) is 16.5. The van der Waals surface area contributed by atoms with Crippen LogP contribution in [0.4, 0.5) is 0 Å². The molecular formula is C27H23N3O2S2. The maximum Gasteiger partial charge on any atom is 0.272 e. The van der Waals surface area contributed by atoms with Gasteiger partial charge in [-0.1, -0.05) is 72.8 Å².